The Morgan fingerprint density at radius 1 is 1.35 bits per heavy atom. The van der Waals surface area contributed by atoms with Crippen LogP contribution in [0.15, 0.2) is 29.2 Å². The third-order valence-corrected chi connectivity index (χ3v) is 5.53. The zero-order valence-electron chi connectivity index (χ0n) is 11.4. The molecule has 1 aliphatic heterocycles. The first-order valence-corrected chi connectivity index (χ1v) is 7.74. The lowest BCUT2D eigenvalue weighted by atomic mass is 9.99. The Kier molecular flexibility index (Phi) is 4.01. The molecule has 1 heterocycles. The van der Waals surface area contributed by atoms with Gasteiger partial charge in [-0.3, -0.25) is 4.79 Å². The van der Waals surface area contributed by atoms with Gasteiger partial charge in [0.1, 0.15) is 4.90 Å². The summed E-state index contributed by atoms with van der Waals surface area (Å²) < 4.78 is 31.1. The fourth-order valence-electron chi connectivity index (χ4n) is 2.43. The second-order valence-electron chi connectivity index (χ2n) is 4.97. The van der Waals surface area contributed by atoms with Crippen LogP contribution in [0.25, 0.3) is 0 Å². The normalized spacial score (nSPS) is 23.7. The molecule has 1 aromatic rings. The molecule has 2 rings (SSSR count). The Morgan fingerprint density at radius 3 is 2.60 bits per heavy atom. The van der Waals surface area contributed by atoms with E-state index >= 15 is 0 Å². The molecule has 2 atom stereocenters. The lowest BCUT2D eigenvalue weighted by Crippen LogP contribution is -2.30. The average Bonchev–Trinajstić information content (AvgIpc) is 2.81. The highest BCUT2D eigenvalue weighted by molar-refractivity contribution is 7.89. The molecular weight excluding hydrogens is 280 g/mol. The molecule has 0 saturated carbocycles. The Morgan fingerprint density at radius 2 is 2.00 bits per heavy atom. The Bertz CT molecular complexity index is 615. The molecule has 1 aliphatic rings. The van der Waals surface area contributed by atoms with Gasteiger partial charge in [-0.2, -0.15) is 4.31 Å². The van der Waals surface area contributed by atoms with E-state index in [2.05, 4.69) is 0 Å². The van der Waals surface area contributed by atoms with Crippen LogP contribution in [0.1, 0.15) is 6.92 Å². The summed E-state index contributed by atoms with van der Waals surface area (Å²) in [4.78, 5) is 11.7. The summed E-state index contributed by atoms with van der Waals surface area (Å²) in [5.74, 6) is -0.891. The number of nitrogens with two attached hydrogens (primary N) is 1. The van der Waals surface area contributed by atoms with Gasteiger partial charge in [-0.25, -0.2) is 8.42 Å². The number of anilines is 1. The fourth-order valence-corrected chi connectivity index (χ4v) is 4.11. The highest BCUT2D eigenvalue weighted by Gasteiger charge is 2.41. The molecule has 20 heavy (non-hydrogen) atoms. The number of carbonyl (C=O) groups excluding carboxylic acids is 1. The van der Waals surface area contributed by atoms with Gasteiger partial charge in [0.15, 0.2) is 0 Å². The summed E-state index contributed by atoms with van der Waals surface area (Å²) in [6.45, 7) is 2.26. The lowest BCUT2D eigenvalue weighted by Gasteiger charge is -2.17. The van der Waals surface area contributed by atoms with Crippen molar-refractivity contribution in [2.75, 3.05) is 25.9 Å². The zero-order chi connectivity index (χ0) is 14.9. The summed E-state index contributed by atoms with van der Waals surface area (Å²) in [6, 6.07) is 6.32. The van der Waals surface area contributed by atoms with Gasteiger partial charge in [0, 0.05) is 13.1 Å². The van der Waals surface area contributed by atoms with Gasteiger partial charge in [-0.15, -0.1) is 0 Å². The molecule has 2 N–H and O–H groups in total. The van der Waals surface area contributed by atoms with Gasteiger partial charge in [-0.05, 0) is 18.1 Å². The van der Waals surface area contributed by atoms with E-state index in [1.807, 2.05) is 6.92 Å². The first kappa shape index (κ1) is 14.8. The standard InChI is InChI=1S/C13H18N2O4S/c1-9-7-15(8-10(9)13(16)19-2)20(17,18)12-6-4-3-5-11(12)14/h3-6,9-10H,7-8,14H2,1-2H3. The number of rotatable bonds is 3. The summed E-state index contributed by atoms with van der Waals surface area (Å²) in [7, 11) is -2.37. The van der Waals surface area contributed by atoms with E-state index in [4.69, 9.17) is 10.5 Å². The van der Waals surface area contributed by atoms with Gasteiger partial charge >= 0.3 is 5.97 Å². The smallest absolute Gasteiger partial charge is 0.310 e. The van der Waals surface area contributed by atoms with E-state index < -0.39 is 15.9 Å². The van der Waals surface area contributed by atoms with Crippen molar-refractivity contribution in [3.63, 3.8) is 0 Å². The molecule has 7 heteroatoms. The average molecular weight is 298 g/mol. The number of esters is 1. The number of methoxy groups -OCH3 is 1. The SMILES string of the molecule is COC(=O)C1CN(S(=O)(=O)c2ccccc2N)CC1C. The number of ether oxygens (including phenoxy) is 1. The van der Waals surface area contributed by atoms with E-state index in [0.717, 1.165) is 0 Å². The molecule has 1 saturated heterocycles. The van der Waals surface area contributed by atoms with Crippen molar-refractivity contribution in [2.45, 2.75) is 11.8 Å². The molecule has 0 aliphatic carbocycles. The maximum Gasteiger partial charge on any atom is 0.310 e. The minimum Gasteiger partial charge on any atom is -0.469 e. The van der Waals surface area contributed by atoms with Crippen LogP contribution in [0.4, 0.5) is 5.69 Å². The molecule has 1 aromatic carbocycles. The van der Waals surface area contributed by atoms with Crippen molar-refractivity contribution in [3.05, 3.63) is 24.3 Å². The van der Waals surface area contributed by atoms with E-state index in [1.165, 1.54) is 17.5 Å². The van der Waals surface area contributed by atoms with Crippen LogP contribution in [-0.4, -0.2) is 38.9 Å². The minimum atomic E-state index is -3.68. The Hall–Kier alpha value is -1.60. The van der Waals surface area contributed by atoms with Crippen LogP contribution in [0.5, 0.6) is 0 Å². The number of carbonyl (C=O) groups is 1. The molecule has 0 amide bonds. The maximum absolute atomic E-state index is 12.6. The molecule has 0 aromatic heterocycles. The Balaban J connectivity index is 2.29. The second-order valence-corrected chi connectivity index (χ2v) is 6.87. The number of nitrogens with zero attached hydrogens (tertiary/aromatic N) is 1. The van der Waals surface area contributed by atoms with E-state index in [1.54, 1.807) is 18.2 Å². The fraction of sp³-hybridized carbons (Fsp3) is 0.462. The van der Waals surface area contributed by atoms with E-state index in [9.17, 15) is 13.2 Å². The summed E-state index contributed by atoms with van der Waals surface area (Å²) >= 11 is 0. The first-order chi connectivity index (χ1) is 9.37. The number of sulfonamides is 1. The second kappa shape index (κ2) is 5.41. The van der Waals surface area contributed by atoms with Crippen molar-refractivity contribution in [2.24, 2.45) is 11.8 Å². The number of nitrogen functional groups attached to an aromatic ring is 1. The maximum atomic E-state index is 12.6. The third kappa shape index (κ3) is 2.51. The number of hydrogen-bond acceptors (Lipinski definition) is 5. The highest BCUT2D eigenvalue weighted by atomic mass is 32.2. The first-order valence-electron chi connectivity index (χ1n) is 6.30. The van der Waals surface area contributed by atoms with Crippen LogP contribution < -0.4 is 5.73 Å². The summed E-state index contributed by atoms with van der Waals surface area (Å²) in [6.07, 6.45) is 0. The molecule has 0 radical (unpaired) electrons. The highest BCUT2D eigenvalue weighted by Crippen LogP contribution is 2.31. The van der Waals surface area contributed by atoms with Crippen LogP contribution in [0.3, 0.4) is 0 Å². The zero-order valence-corrected chi connectivity index (χ0v) is 12.3. The van der Waals surface area contributed by atoms with Crippen molar-refractivity contribution >= 4 is 21.7 Å². The summed E-state index contributed by atoms with van der Waals surface area (Å²) in [5.41, 5.74) is 5.94. The van der Waals surface area contributed by atoms with Gasteiger partial charge in [0.05, 0.1) is 18.7 Å². The van der Waals surface area contributed by atoms with Crippen LogP contribution in [-0.2, 0) is 19.6 Å². The largest absolute Gasteiger partial charge is 0.469 e. The van der Waals surface area contributed by atoms with Crippen LogP contribution in [0.2, 0.25) is 0 Å². The number of hydrogen-bond donors (Lipinski definition) is 1. The molecule has 6 nitrogen and oxygen atoms in total. The monoisotopic (exact) mass is 298 g/mol. The molecule has 110 valence electrons. The number of benzene rings is 1. The molecule has 1 fully saturated rings. The predicted molar refractivity (Wildman–Crippen MR) is 74.3 cm³/mol. The molecular formula is C13H18N2O4S. The Labute approximate surface area is 118 Å². The van der Waals surface area contributed by atoms with E-state index in [0.29, 0.717) is 0 Å². The van der Waals surface area contributed by atoms with Gasteiger partial charge in [0.2, 0.25) is 10.0 Å². The van der Waals surface area contributed by atoms with Crippen molar-refractivity contribution in [1.29, 1.82) is 0 Å². The van der Waals surface area contributed by atoms with Gasteiger partial charge in [-0.1, -0.05) is 19.1 Å². The predicted octanol–water partition coefficient (Wildman–Crippen LogP) is 0.698. The minimum absolute atomic E-state index is 0.0812. The van der Waals surface area contributed by atoms with Crippen molar-refractivity contribution < 1.29 is 17.9 Å². The summed E-state index contributed by atoms with van der Waals surface area (Å²) in [5, 5.41) is 0. The van der Waals surface area contributed by atoms with Crippen LogP contribution >= 0.6 is 0 Å². The quantitative estimate of drug-likeness (QED) is 0.655. The molecule has 0 bridgehead atoms. The van der Waals surface area contributed by atoms with Crippen molar-refractivity contribution in [3.8, 4) is 0 Å². The topological polar surface area (TPSA) is 89.7 Å². The van der Waals surface area contributed by atoms with Gasteiger partial charge < -0.3 is 10.5 Å². The van der Waals surface area contributed by atoms with Crippen LogP contribution in [0, 0.1) is 11.8 Å². The number of para-hydroxylation sites is 1. The van der Waals surface area contributed by atoms with Crippen molar-refractivity contribution in [1.82, 2.24) is 4.31 Å². The molecule has 2 unspecified atom stereocenters. The van der Waals surface area contributed by atoms with Gasteiger partial charge in [0.25, 0.3) is 0 Å². The lowest BCUT2D eigenvalue weighted by molar-refractivity contribution is -0.145. The third-order valence-electron chi connectivity index (χ3n) is 3.62. The molecule has 0 spiro atoms. The van der Waals surface area contributed by atoms with E-state index in [-0.39, 0.29) is 35.6 Å².